The second-order valence-corrected chi connectivity index (χ2v) is 3.80. The van der Waals surface area contributed by atoms with Crippen molar-refractivity contribution >= 4 is 5.91 Å². The number of carbonyl (C=O) groups excluding carboxylic acids is 1. The quantitative estimate of drug-likeness (QED) is 0.512. The largest absolute Gasteiger partial charge is 0.354 e. The predicted octanol–water partition coefficient (Wildman–Crippen LogP) is 0.658. The Morgan fingerprint density at radius 1 is 1.64 bits per heavy atom. The Morgan fingerprint density at radius 2 is 2.43 bits per heavy atom. The molecule has 2 N–H and O–H groups in total. The molecule has 1 unspecified atom stereocenters. The van der Waals surface area contributed by atoms with E-state index in [1.807, 2.05) is 13.8 Å². The SMILES string of the molecule is CC#CCCNC(=O)C1(C)CCCN1. The highest BCUT2D eigenvalue weighted by Crippen LogP contribution is 2.18. The van der Waals surface area contributed by atoms with Gasteiger partial charge < -0.3 is 10.6 Å². The Hall–Kier alpha value is -1.01. The summed E-state index contributed by atoms with van der Waals surface area (Å²) in [6.07, 6.45) is 2.75. The summed E-state index contributed by atoms with van der Waals surface area (Å²) >= 11 is 0. The van der Waals surface area contributed by atoms with E-state index in [0.717, 1.165) is 25.8 Å². The smallest absolute Gasteiger partial charge is 0.240 e. The van der Waals surface area contributed by atoms with E-state index in [0.29, 0.717) is 6.54 Å². The zero-order valence-corrected chi connectivity index (χ0v) is 8.94. The van der Waals surface area contributed by atoms with Gasteiger partial charge in [-0.25, -0.2) is 0 Å². The molecule has 78 valence electrons. The first-order chi connectivity index (χ1) is 6.69. The summed E-state index contributed by atoms with van der Waals surface area (Å²) in [5, 5.41) is 6.12. The van der Waals surface area contributed by atoms with Gasteiger partial charge in [0.05, 0.1) is 5.54 Å². The topological polar surface area (TPSA) is 41.1 Å². The van der Waals surface area contributed by atoms with Gasteiger partial charge in [-0.15, -0.1) is 11.8 Å². The maximum atomic E-state index is 11.7. The summed E-state index contributed by atoms with van der Waals surface area (Å²) in [6, 6.07) is 0. The van der Waals surface area contributed by atoms with Crippen LogP contribution in [0.25, 0.3) is 0 Å². The number of nitrogens with one attached hydrogen (secondary N) is 2. The van der Waals surface area contributed by atoms with Crippen molar-refractivity contribution in [3.8, 4) is 11.8 Å². The molecule has 1 amide bonds. The van der Waals surface area contributed by atoms with Crippen LogP contribution in [-0.2, 0) is 4.79 Å². The molecule has 0 spiro atoms. The minimum Gasteiger partial charge on any atom is -0.354 e. The Kier molecular flexibility index (Phi) is 3.97. The fourth-order valence-corrected chi connectivity index (χ4v) is 1.65. The zero-order valence-electron chi connectivity index (χ0n) is 8.94. The van der Waals surface area contributed by atoms with E-state index in [9.17, 15) is 4.79 Å². The van der Waals surface area contributed by atoms with E-state index in [2.05, 4.69) is 22.5 Å². The zero-order chi connectivity index (χ0) is 10.4. The summed E-state index contributed by atoms with van der Waals surface area (Å²) < 4.78 is 0. The molecule has 3 nitrogen and oxygen atoms in total. The molecule has 1 aliphatic heterocycles. The molecule has 14 heavy (non-hydrogen) atoms. The molecule has 1 aliphatic rings. The van der Waals surface area contributed by atoms with Gasteiger partial charge in [0.1, 0.15) is 0 Å². The molecule has 1 rings (SSSR count). The van der Waals surface area contributed by atoms with Crippen molar-refractivity contribution < 1.29 is 4.79 Å². The van der Waals surface area contributed by atoms with Gasteiger partial charge in [-0.05, 0) is 33.2 Å². The molecule has 0 saturated carbocycles. The summed E-state index contributed by atoms with van der Waals surface area (Å²) in [5.41, 5.74) is -0.348. The maximum absolute atomic E-state index is 11.7. The summed E-state index contributed by atoms with van der Waals surface area (Å²) in [4.78, 5) is 11.7. The second-order valence-electron chi connectivity index (χ2n) is 3.80. The highest BCUT2D eigenvalue weighted by Gasteiger charge is 2.35. The lowest BCUT2D eigenvalue weighted by Crippen LogP contribution is -2.51. The molecule has 1 heterocycles. The number of rotatable bonds is 3. The molecule has 1 saturated heterocycles. The van der Waals surface area contributed by atoms with Gasteiger partial charge in [-0.1, -0.05) is 0 Å². The summed E-state index contributed by atoms with van der Waals surface area (Å²) in [7, 11) is 0. The van der Waals surface area contributed by atoms with Crippen LogP contribution < -0.4 is 10.6 Å². The second kappa shape index (κ2) is 5.02. The fraction of sp³-hybridized carbons (Fsp3) is 0.727. The first-order valence-electron chi connectivity index (χ1n) is 5.12. The van der Waals surface area contributed by atoms with Crippen molar-refractivity contribution in [2.75, 3.05) is 13.1 Å². The third-order valence-electron chi connectivity index (χ3n) is 2.58. The van der Waals surface area contributed by atoms with Crippen LogP contribution in [0.5, 0.6) is 0 Å². The third-order valence-corrected chi connectivity index (χ3v) is 2.58. The van der Waals surface area contributed by atoms with Crippen LogP contribution in [-0.4, -0.2) is 24.5 Å². The number of carbonyl (C=O) groups is 1. The van der Waals surface area contributed by atoms with Gasteiger partial charge in [0.2, 0.25) is 5.91 Å². The minimum atomic E-state index is -0.348. The Morgan fingerprint density at radius 3 is 3.00 bits per heavy atom. The molecular formula is C11H18N2O. The molecule has 1 fully saturated rings. The molecule has 1 atom stereocenters. The van der Waals surface area contributed by atoms with E-state index in [1.54, 1.807) is 0 Å². The number of amides is 1. The molecule has 0 aromatic heterocycles. The Bertz CT molecular complexity index is 256. The van der Waals surface area contributed by atoms with Crippen molar-refractivity contribution in [1.29, 1.82) is 0 Å². The normalized spacial score (nSPS) is 25.3. The van der Waals surface area contributed by atoms with E-state index >= 15 is 0 Å². The summed E-state index contributed by atoms with van der Waals surface area (Å²) in [6.45, 7) is 5.36. The van der Waals surface area contributed by atoms with Gasteiger partial charge in [0, 0.05) is 13.0 Å². The van der Waals surface area contributed by atoms with Crippen molar-refractivity contribution in [2.45, 2.75) is 38.6 Å². The maximum Gasteiger partial charge on any atom is 0.240 e. The lowest BCUT2D eigenvalue weighted by Gasteiger charge is -2.22. The first-order valence-corrected chi connectivity index (χ1v) is 5.12. The molecule has 0 radical (unpaired) electrons. The lowest BCUT2D eigenvalue weighted by molar-refractivity contribution is -0.126. The summed E-state index contributed by atoms with van der Waals surface area (Å²) in [5.74, 6) is 5.83. The van der Waals surface area contributed by atoms with E-state index < -0.39 is 0 Å². The molecule has 0 aromatic carbocycles. The van der Waals surface area contributed by atoms with E-state index in [-0.39, 0.29) is 11.4 Å². The average Bonchev–Trinajstić information content (AvgIpc) is 2.61. The van der Waals surface area contributed by atoms with Crippen LogP contribution in [0.3, 0.4) is 0 Å². The van der Waals surface area contributed by atoms with Crippen molar-refractivity contribution in [2.24, 2.45) is 0 Å². The molecule has 0 bridgehead atoms. The van der Waals surface area contributed by atoms with Crippen molar-refractivity contribution in [3.63, 3.8) is 0 Å². The van der Waals surface area contributed by atoms with Gasteiger partial charge in [0.25, 0.3) is 0 Å². The molecule has 0 aromatic rings. The average molecular weight is 194 g/mol. The van der Waals surface area contributed by atoms with Gasteiger partial charge in [-0.2, -0.15) is 0 Å². The standard InChI is InChI=1S/C11H18N2O/c1-3-4-5-8-12-10(14)11(2)7-6-9-13-11/h13H,5-9H2,1-2H3,(H,12,14). The van der Waals surface area contributed by atoms with Crippen LogP contribution in [0.4, 0.5) is 0 Å². The molecule has 3 heteroatoms. The predicted molar refractivity (Wildman–Crippen MR) is 56.7 cm³/mol. The molecule has 0 aliphatic carbocycles. The monoisotopic (exact) mass is 194 g/mol. The van der Waals surface area contributed by atoms with E-state index in [4.69, 9.17) is 0 Å². The molecular weight excluding hydrogens is 176 g/mol. The first kappa shape index (κ1) is 11.1. The third kappa shape index (κ3) is 2.74. The van der Waals surface area contributed by atoms with Crippen LogP contribution in [0, 0.1) is 11.8 Å². The van der Waals surface area contributed by atoms with Gasteiger partial charge in [-0.3, -0.25) is 4.79 Å². The Balaban J connectivity index is 2.29. The van der Waals surface area contributed by atoms with E-state index in [1.165, 1.54) is 0 Å². The minimum absolute atomic E-state index is 0.105. The van der Waals surface area contributed by atoms with Crippen molar-refractivity contribution in [3.05, 3.63) is 0 Å². The lowest BCUT2D eigenvalue weighted by atomic mass is 9.99. The Labute approximate surface area is 85.6 Å². The van der Waals surface area contributed by atoms with Crippen LogP contribution in [0.2, 0.25) is 0 Å². The van der Waals surface area contributed by atoms with Crippen LogP contribution >= 0.6 is 0 Å². The fourth-order valence-electron chi connectivity index (χ4n) is 1.65. The van der Waals surface area contributed by atoms with Gasteiger partial charge >= 0.3 is 0 Å². The van der Waals surface area contributed by atoms with Crippen molar-refractivity contribution in [1.82, 2.24) is 10.6 Å². The van der Waals surface area contributed by atoms with Crippen LogP contribution in [0.1, 0.15) is 33.1 Å². The highest BCUT2D eigenvalue weighted by atomic mass is 16.2. The highest BCUT2D eigenvalue weighted by molar-refractivity contribution is 5.86. The number of hydrogen-bond acceptors (Lipinski definition) is 2. The number of hydrogen-bond donors (Lipinski definition) is 2. The van der Waals surface area contributed by atoms with Crippen LogP contribution in [0.15, 0.2) is 0 Å². The van der Waals surface area contributed by atoms with Gasteiger partial charge in [0.15, 0.2) is 0 Å².